The van der Waals surface area contributed by atoms with Gasteiger partial charge in [0.2, 0.25) is 0 Å². The zero-order valence-electron chi connectivity index (χ0n) is 12.2. The topological polar surface area (TPSA) is 33.7 Å². The molecular formula is C15H24N2O2. The van der Waals surface area contributed by atoms with E-state index in [1.165, 1.54) is 5.56 Å². The fourth-order valence-electron chi connectivity index (χ4n) is 2.65. The van der Waals surface area contributed by atoms with Gasteiger partial charge in [-0.1, -0.05) is 6.07 Å². The summed E-state index contributed by atoms with van der Waals surface area (Å²) in [5, 5.41) is 3.38. The molecule has 1 heterocycles. The van der Waals surface area contributed by atoms with Crippen LogP contribution in [0.25, 0.3) is 0 Å². The molecule has 0 saturated carbocycles. The molecule has 0 amide bonds. The average Bonchev–Trinajstić information content (AvgIpc) is 2.46. The molecule has 1 N–H and O–H groups in total. The van der Waals surface area contributed by atoms with Gasteiger partial charge in [0.05, 0.1) is 14.2 Å². The number of rotatable bonds is 5. The number of methoxy groups -OCH3 is 2. The minimum absolute atomic E-state index is 0.891. The second kappa shape index (κ2) is 6.78. The Hall–Kier alpha value is -1.26. The molecule has 1 aliphatic heterocycles. The van der Waals surface area contributed by atoms with E-state index < -0.39 is 0 Å². The highest BCUT2D eigenvalue weighted by atomic mass is 16.5. The van der Waals surface area contributed by atoms with Crippen molar-refractivity contribution in [2.75, 3.05) is 46.9 Å². The first-order valence-electron chi connectivity index (χ1n) is 6.89. The lowest BCUT2D eigenvalue weighted by molar-refractivity contribution is 0.243. The monoisotopic (exact) mass is 264 g/mol. The van der Waals surface area contributed by atoms with Gasteiger partial charge in [-0.05, 0) is 25.0 Å². The van der Waals surface area contributed by atoms with Crippen LogP contribution < -0.4 is 14.8 Å². The van der Waals surface area contributed by atoms with Gasteiger partial charge in [-0.2, -0.15) is 0 Å². The number of hydrogen-bond acceptors (Lipinski definition) is 4. The second-order valence-electron chi connectivity index (χ2n) is 4.93. The fourth-order valence-corrected chi connectivity index (χ4v) is 2.65. The summed E-state index contributed by atoms with van der Waals surface area (Å²) in [5.41, 5.74) is 2.35. The van der Waals surface area contributed by atoms with Crippen LogP contribution in [0.1, 0.15) is 11.1 Å². The third-order valence-corrected chi connectivity index (χ3v) is 3.77. The Morgan fingerprint density at radius 3 is 2.53 bits per heavy atom. The van der Waals surface area contributed by atoms with Crippen molar-refractivity contribution in [3.63, 3.8) is 0 Å². The lowest BCUT2D eigenvalue weighted by atomic mass is 10.1. The van der Waals surface area contributed by atoms with E-state index in [1.54, 1.807) is 14.2 Å². The van der Waals surface area contributed by atoms with Gasteiger partial charge in [0.1, 0.15) is 11.5 Å². The summed E-state index contributed by atoms with van der Waals surface area (Å²) >= 11 is 0. The van der Waals surface area contributed by atoms with Crippen molar-refractivity contribution < 1.29 is 9.47 Å². The predicted molar refractivity (Wildman–Crippen MR) is 77.3 cm³/mol. The molecule has 0 spiro atoms. The van der Waals surface area contributed by atoms with Crippen LogP contribution in [-0.4, -0.2) is 51.8 Å². The normalized spacial score (nSPS) is 16.4. The van der Waals surface area contributed by atoms with E-state index >= 15 is 0 Å². The van der Waals surface area contributed by atoms with Crippen molar-refractivity contribution >= 4 is 0 Å². The smallest absolute Gasteiger partial charge is 0.128 e. The highest BCUT2D eigenvalue weighted by Gasteiger charge is 2.14. The largest absolute Gasteiger partial charge is 0.496 e. The maximum atomic E-state index is 5.55. The van der Waals surface area contributed by atoms with Crippen molar-refractivity contribution in [3.8, 4) is 11.5 Å². The van der Waals surface area contributed by atoms with E-state index in [0.29, 0.717) is 0 Å². The maximum Gasteiger partial charge on any atom is 0.128 e. The van der Waals surface area contributed by atoms with Crippen molar-refractivity contribution in [3.05, 3.63) is 23.3 Å². The van der Waals surface area contributed by atoms with Crippen molar-refractivity contribution in [1.29, 1.82) is 0 Å². The molecule has 19 heavy (non-hydrogen) atoms. The number of nitrogens with zero attached hydrogens (tertiary/aromatic N) is 1. The van der Waals surface area contributed by atoms with E-state index in [9.17, 15) is 0 Å². The lowest BCUT2D eigenvalue weighted by Gasteiger charge is -2.27. The summed E-state index contributed by atoms with van der Waals surface area (Å²) in [7, 11) is 3.43. The molecule has 0 radical (unpaired) electrons. The van der Waals surface area contributed by atoms with Crippen LogP contribution in [0, 0.1) is 6.92 Å². The molecule has 0 aromatic heterocycles. The zero-order chi connectivity index (χ0) is 13.7. The van der Waals surface area contributed by atoms with Gasteiger partial charge >= 0.3 is 0 Å². The average molecular weight is 264 g/mol. The standard InChI is InChI=1S/C15H24N2O2/c1-12-14(18-2)5-4-13(15(12)19-3)6-9-17-10-7-16-8-11-17/h4-5,16H,6-11H2,1-3H3. The lowest BCUT2D eigenvalue weighted by Crippen LogP contribution is -2.44. The van der Waals surface area contributed by atoms with Crippen molar-refractivity contribution in [2.45, 2.75) is 13.3 Å². The number of hydrogen-bond donors (Lipinski definition) is 1. The molecule has 1 fully saturated rings. The Bertz CT molecular complexity index is 415. The fraction of sp³-hybridized carbons (Fsp3) is 0.600. The number of piperazine rings is 1. The molecule has 1 aromatic carbocycles. The van der Waals surface area contributed by atoms with Crippen LogP contribution >= 0.6 is 0 Å². The van der Waals surface area contributed by atoms with Crippen LogP contribution in [0.15, 0.2) is 12.1 Å². The van der Waals surface area contributed by atoms with Gasteiger partial charge in [-0.25, -0.2) is 0 Å². The first-order valence-corrected chi connectivity index (χ1v) is 6.89. The summed E-state index contributed by atoms with van der Waals surface area (Å²) in [6.07, 6.45) is 1.02. The zero-order valence-corrected chi connectivity index (χ0v) is 12.2. The van der Waals surface area contributed by atoms with Gasteiger partial charge in [0, 0.05) is 38.3 Å². The number of ether oxygens (including phenoxy) is 2. The van der Waals surface area contributed by atoms with Gasteiger partial charge in [0.15, 0.2) is 0 Å². The summed E-state index contributed by atoms with van der Waals surface area (Å²) in [5.74, 6) is 1.86. The minimum atomic E-state index is 0.891. The number of benzene rings is 1. The minimum Gasteiger partial charge on any atom is -0.496 e. The second-order valence-corrected chi connectivity index (χ2v) is 4.93. The molecule has 1 aliphatic rings. The van der Waals surface area contributed by atoms with Gasteiger partial charge in [0.25, 0.3) is 0 Å². The van der Waals surface area contributed by atoms with Crippen LogP contribution in [0.4, 0.5) is 0 Å². The van der Waals surface area contributed by atoms with E-state index in [0.717, 1.165) is 56.2 Å². The third kappa shape index (κ3) is 3.39. The first kappa shape index (κ1) is 14.2. The van der Waals surface area contributed by atoms with E-state index in [4.69, 9.17) is 9.47 Å². The van der Waals surface area contributed by atoms with Crippen molar-refractivity contribution in [2.24, 2.45) is 0 Å². The van der Waals surface area contributed by atoms with Gasteiger partial charge in [-0.15, -0.1) is 0 Å². The SMILES string of the molecule is COc1ccc(CCN2CCNCC2)c(OC)c1C. The summed E-state index contributed by atoms with van der Waals surface area (Å²) in [6.45, 7) is 7.60. The molecule has 0 aliphatic carbocycles. The summed E-state index contributed by atoms with van der Waals surface area (Å²) < 4.78 is 10.9. The van der Waals surface area contributed by atoms with Crippen LogP contribution in [-0.2, 0) is 6.42 Å². The van der Waals surface area contributed by atoms with E-state index in [-0.39, 0.29) is 0 Å². The van der Waals surface area contributed by atoms with Gasteiger partial charge < -0.3 is 19.7 Å². The number of nitrogens with one attached hydrogen (secondary N) is 1. The molecule has 1 aromatic rings. The van der Waals surface area contributed by atoms with Gasteiger partial charge in [-0.3, -0.25) is 0 Å². The Morgan fingerprint density at radius 1 is 1.16 bits per heavy atom. The van der Waals surface area contributed by atoms with E-state index in [1.807, 2.05) is 13.0 Å². The molecular weight excluding hydrogens is 240 g/mol. The maximum absolute atomic E-state index is 5.55. The Morgan fingerprint density at radius 2 is 1.89 bits per heavy atom. The Kier molecular flexibility index (Phi) is 5.05. The molecule has 4 nitrogen and oxygen atoms in total. The van der Waals surface area contributed by atoms with Crippen LogP contribution in [0.5, 0.6) is 11.5 Å². The quantitative estimate of drug-likeness (QED) is 0.873. The Balaban J connectivity index is 2.04. The molecule has 1 saturated heterocycles. The Labute approximate surface area is 115 Å². The summed E-state index contributed by atoms with van der Waals surface area (Å²) in [6, 6.07) is 4.15. The van der Waals surface area contributed by atoms with E-state index in [2.05, 4.69) is 16.3 Å². The highest BCUT2D eigenvalue weighted by Crippen LogP contribution is 2.31. The highest BCUT2D eigenvalue weighted by molar-refractivity contribution is 5.49. The third-order valence-electron chi connectivity index (χ3n) is 3.77. The molecule has 0 bridgehead atoms. The molecule has 4 heteroatoms. The first-order chi connectivity index (χ1) is 9.26. The van der Waals surface area contributed by atoms with Crippen molar-refractivity contribution in [1.82, 2.24) is 10.2 Å². The molecule has 0 unspecified atom stereocenters. The predicted octanol–water partition coefficient (Wildman–Crippen LogP) is 1.46. The van der Waals surface area contributed by atoms with Crippen LogP contribution in [0.2, 0.25) is 0 Å². The molecule has 0 atom stereocenters. The van der Waals surface area contributed by atoms with Crippen LogP contribution in [0.3, 0.4) is 0 Å². The molecule has 106 valence electrons. The summed E-state index contributed by atoms with van der Waals surface area (Å²) in [4.78, 5) is 2.50. The molecule has 2 rings (SSSR count).